The van der Waals surface area contributed by atoms with Crippen molar-refractivity contribution in [3.05, 3.63) is 29.0 Å². The summed E-state index contributed by atoms with van der Waals surface area (Å²) in [5.74, 6) is 0.136. The van der Waals surface area contributed by atoms with E-state index in [4.69, 9.17) is 17.3 Å². The Hall–Kier alpha value is -1.83. The number of aliphatic imine (C=N–C) groups is 3. The highest BCUT2D eigenvalue weighted by Gasteiger charge is 2.19. The Labute approximate surface area is 158 Å². The van der Waals surface area contributed by atoms with E-state index in [9.17, 15) is 4.39 Å². The van der Waals surface area contributed by atoms with E-state index in [1.807, 2.05) is 0 Å². The van der Waals surface area contributed by atoms with Crippen molar-refractivity contribution >= 4 is 34.5 Å². The summed E-state index contributed by atoms with van der Waals surface area (Å²) in [7, 11) is 1.68. The smallest absolute Gasteiger partial charge is 0.153 e. The van der Waals surface area contributed by atoms with Crippen LogP contribution in [0.5, 0.6) is 0 Å². The van der Waals surface area contributed by atoms with E-state index >= 15 is 0 Å². The van der Waals surface area contributed by atoms with Crippen LogP contribution in [-0.2, 0) is 0 Å². The summed E-state index contributed by atoms with van der Waals surface area (Å²) in [6.45, 7) is 2.72. The van der Waals surface area contributed by atoms with Crippen molar-refractivity contribution in [3.8, 4) is 0 Å². The minimum Gasteiger partial charge on any atom is -0.339 e. The van der Waals surface area contributed by atoms with Crippen LogP contribution >= 0.6 is 11.6 Å². The summed E-state index contributed by atoms with van der Waals surface area (Å²) in [6, 6.07) is 4.45. The van der Waals surface area contributed by atoms with Gasteiger partial charge in [-0.15, -0.1) is 0 Å². The topological polar surface area (TPSA) is 87.2 Å². The maximum atomic E-state index is 13.3. The van der Waals surface area contributed by atoms with Crippen LogP contribution in [0.4, 0.5) is 10.1 Å². The van der Waals surface area contributed by atoms with Gasteiger partial charge in [-0.05, 0) is 44.1 Å². The molecule has 0 spiro atoms. The van der Waals surface area contributed by atoms with E-state index in [0.29, 0.717) is 24.7 Å². The van der Waals surface area contributed by atoms with Crippen molar-refractivity contribution in [2.45, 2.75) is 25.7 Å². The van der Waals surface area contributed by atoms with Gasteiger partial charge < -0.3 is 16.4 Å². The number of rotatable bonds is 10. The van der Waals surface area contributed by atoms with E-state index < -0.39 is 5.82 Å². The molecular weight excluding hydrogens is 355 g/mol. The minimum atomic E-state index is -0.455. The molecule has 26 heavy (non-hydrogen) atoms. The van der Waals surface area contributed by atoms with Crippen LogP contribution in [0.3, 0.4) is 0 Å². The third-order valence-corrected chi connectivity index (χ3v) is 4.28. The van der Waals surface area contributed by atoms with Gasteiger partial charge in [-0.1, -0.05) is 24.4 Å². The summed E-state index contributed by atoms with van der Waals surface area (Å²) in [6.07, 6.45) is 4.54. The molecular formula is C18H26ClFN6. The van der Waals surface area contributed by atoms with Crippen LogP contribution in [0.1, 0.15) is 25.7 Å². The molecule has 0 saturated carbocycles. The normalized spacial score (nSPS) is 14.4. The van der Waals surface area contributed by atoms with E-state index in [0.717, 1.165) is 37.4 Å². The van der Waals surface area contributed by atoms with Crippen LogP contribution in [-0.4, -0.2) is 50.6 Å². The van der Waals surface area contributed by atoms with E-state index in [2.05, 4.69) is 25.6 Å². The van der Waals surface area contributed by atoms with Crippen molar-refractivity contribution in [1.82, 2.24) is 5.32 Å². The summed E-state index contributed by atoms with van der Waals surface area (Å²) < 4.78 is 13.3. The van der Waals surface area contributed by atoms with Crippen LogP contribution < -0.4 is 16.4 Å². The average Bonchev–Trinajstić information content (AvgIpc) is 3.10. The second kappa shape index (κ2) is 11.0. The maximum absolute atomic E-state index is 13.3. The Kier molecular flexibility index (Phi) is 8.67. The van der Waals surface area contributed by atoms with Gasteiger partial charge in [0.05, 0.1) is 10.7 Å². The van der Waals surface area contributed by atoms with Crippen LogP contribution in [0.15, 0.2) is 33.2 Å². The fourth-order valence-electron chi connectivity index (χ4n) is 2.60. The zero-order valence-corrected chi connectivity index (χ0v) is 15.8. The molecule has 1 aliphatic rings. The average molecular weight is 381 g/mol. The molecule has 0 radical (unpaired) electrons. The highest BCUT2D eigenvalue weighted by molar-refractivity contribution is 6.71. The predicted molar refractivity (Wildman–Crippen MR) is 109 cm³/mol. The molecule has 142 valence electrons. The molecule has 0 amide bonds. The standard InChI is InChI=1S/C18H26ClFN6/c1-22-18(26-13-6-7-15(20)14(19)10-13)17-16(24-12-25-17)11-23-9-5-3-2-4-8-21/h6-7,10,23H,2-5,8-9,11-12,21H2,1H3,(H,22,26). The first-order chi connectivity index (χ1) is 12.7. The Morgan fingerprint density at radius 3 is 2.81 bits per heavy atom. The Morgan fingerprint density at radius 1 is 1.27 bits per heavy atom. The van der Waals surface area contributed by atoms with E-state index in [-0.39, 0.29) is 5.02 Å². The monoisotopic (exact) mass is 380 g/mol. The number of hydrogen-bond acceptors (Lipinski definition) is 5. The van der Waals surface area contributed by atoms with E-state index in [1.54, 1.807) is 13.1 Å². The maximum Gasteiger partial charge on any atom is 0.153 e. The first-order valence-corrected chi connectivity index (χ1v) is 9.21. The zero-order valence-electron chi connectivity index (χ0n) is 15.1. The molecule has 1 aromatic rings. The Balaban J connectivity index is 1.85. The van der Waals surface area contributed by atoms with E-state index in [1.165, 1.54) is 25.0 Å². The summed E-state index contributed by atoms with van der Waals surface area (Å²) in [4.78, 5) is 13.1. The highest BCUT2D eigenvalue weighted by Crippen LogP contribution is 2.19. The second-order valence-corrected chi connectivity index (χ2v) is 6.37. The number of unbranched alkanes of at least 4 members (excludes halogenated alkanes) is 3. The van der Waals surface area contributed by atoms with Gasteiger partial charge in [-0.25, -0.2) is 4.39 Å². The number of nitrogens with two attached hydrogens (primary N) is 1. The summed E-state index contributed by atoms with van der Waals surface area (Å²) in [5, 5.41) is 6.60. The molecule has 6 nitrogen and oxygen atoms in total. The molecule has 1 heterocycles. The van der Waals surface area contributed by atoms with Crippen molar-refractivity contribution in [1.29, 1.82) is 0 Å². The Bertz CT molecular complexity index is 686. The molecule has 0 fully saturated rings. The Morgan fingerprint density at radius 2 is 2.08 bits per heavy atom. The number of halogens is 2. The lowest BCUT2D eigenvalue weighted by molar-refractivity contribution is 0.613. The molecule has 0 bridgehead atoms. The van der Waals surface area contributed by atoms with Gasteiger partial charge in [0.1, 0.15) is 18.2 Å². The lowest BCUT2D eigenvalue weighted by atomic mass is 10.1. The number of nitrogens with zero attached hydrogens (tertiary/aromatic N) is 3. The van der Waals surface area contributed by atoms with Crippen LogP contribution in [0, 0.1) is 5.82 Å². The molecule has 1 aliphatic heterocycles. The fourth-order valence-corrected chi connectivity index (χ4v) is 2.78. The summed E-state index contributed by atoms with van der Waals surface area (Å²) in [5.41, 5.74) is 7.74. The van der Waals surface area contributed by atoms with Crippen LogP contribution in [0.25, 0.3) is 0 Å². The number of hydrogen-bond donors (Lipinski definition) is 3. The molecule has 4 N–H and O–H groups in total. The highest BCUT2D eigenvalue weighted by atomic mass is 35.5. The lowest BCUT2D eigenvalue weighted by Gasteiger charge is -2.12. The molecule has 1 aromatic carbocycles. The van der Waals surface area contributed by atoms with Crippen LogP contribution in [0.2, 0.25) is 5.02 Å². The van der Waals surface area contributed by atoms with Gasteiger partial charge in [0.25, 0.3) is 0 Å². The first-order valence-electron chi connectivity index (χ1n) is 8.84. The van der Waals surface area contributed by atoms with Crippen molar-refractivity contribution in [2.75, 3.05) is 38.7 Å². The summed E-state index contributed by atoms with van der Waals surface area (Å²) >= 11 is 5.83. The van der Waals surface area contributed by atoms with Crippen molar-refractivity contribution in [2.24, 2.45) is 20.7 Å². The molecule has 8 heteroatoms. The van der Waals surface area contributed by atoms with Crippen molar-refractivity contribution < 1.29 is 4.39 Å². The number of anilines is 1. The molecule has 0 aromatic heterocycles. The largest absolute Gasteiger partial charge is 0.339 e. The minimum absolute atomic E-state index is 0.0593. The predicted octanol–water partition coefficient (Wildman–Crippen LogP) is 2.88. The van der Waals surface area contributed by atoms with Gasteiger partial charge in [0, 0.05) is 19.3 Å². The van der Waals surface area contributed by atoms with Crippen molar-refractivity contribution in [3.63, 3.8) is 0 Å². The molecule has 2 rings (SSSR count). The SMILES string of the molecule is CN=C(Nc1ccc(F)c(Cl)c1)C1=NCN=C1CNCCCCCCN. The number of benzene rings is 1. The fraction of sp³-hybridized carbons (Fsp3) is 0.500. The van der Waals surface area contributed by atoms with Gasteiger partial charge in [-0.2, -0.15) is 0 Å². The molecule has 0 unspecified atom stereocenters. The molecule has 0 saturated heterocycles. The van der Waals surface area contributed by atoms with Gasteiger partial charge in [0.15, 0.2) is 5.84 Å². The quantitative estimate of drug-likeness (QED) is 0.331. The third-order valence-electron chi connectivity index (χ3n) is 3.99. The second-order valence-electron chi connectivity index (χ2n) is 5.96. The first kappa shape index (κ1) is 20.5. The zero-order chi connectivity index (χ0) is 18.8. The number of nitrogens with one attached hydrogen (secondary N) is 2. The van der Waals surface area contributed by atoms with Gasteiger partial charge >= 0.3 is 0 Å². The number of amidine groups is 1. The van der Waals surface area contributed by atoms with Gasteiger partial charge in [0.2, 0.25) is 0 Å². The third kappa shape index (κ3) is 6.16. The van der Waals surface area contributed by atoms with Gasteiger partial charge in [-0.3, -0.25) is 15.0 Å². The molecule has 0 aliphatic carbocycles. The lowest BCUT2D eigenvalue weighted by Crippen LogP contribution is -2.35. The molecule has 0 atom stereocenters.